The molecule has 4 heteroatoms. The van der Waals surface area contributed by atoms with Crippen molar-refractivity contribution in [1.29, 1.82) is 0 Å². The van der Waals surface area contributed by atoms with Gasteiger partial charge in [0.25, 0.3) is 5.91 Å². The molecule has 0 bridgehead atoms. The molecule has 1 N–H and O–H groups in total. The lowest BCUT2D eigenvalue weighted by Gasteiger charge is -2.22. The number of pyridine rings is 1. The predicted octanol–water partition coefficient (Wildman–Crippen LogP) is 3.64. The number of carbonyl (C=O) groups excluding carboxylic acids is 1. The van der Waals surface area contributed by atoms with Gasteiger partial charge in [0.1, 0.15) is 5.75 Å². The first-order valence-electron chi connectivity index (χ1n) is 7.79. The Labute approximate surface area is 137 Å². The normalized spacial score (nSPS) is 12.5. The van der Waals surface area contributed by atoms with Crippen molar-refractivity contribution in [1.82, 2.24) is 10.3 Å². The Bertz CT molecular complexity index is 648. The van der Waals surface area contributed by atoms with Crippen molar-refractivity contribution in [3.8, 4) is 5.75 Å². The molecule has 4 nitrogen and oxygen atoms in total. The van der Waals surface area contributed by atoms with E-state index in [1.165, 1.54) is 0 Å². The lowest BCUT2D eigenvalue weighted by Crippen LogP contribution is -2.31. The topological polar surface area (TPSA) is 51.2 Å². The summed E-state index contributed by atoms with van der Waals surface area (Å²) in [4.78, 5) is 16.1. The van der Waals surface area contributed by atoms with Gasteiger partial charge in [-0.15, -0.1) is 0 Å². The third kappa shape index (κ3) is 4.81. The number of hydrogen-bond acceptors (Lipinski definition) is 3. The molecule has 1 aromatic carbocycles. The van der Waals surface area contributed by atoms with Gasteiger partial charge in [0.05, 0.1) is 6.04 Å². The van der Waals surface area contributed by atoms with E-state index in [0.29, 0.717) is 0 Å². The van der Waals surface area contributed by atoms with Crippen LogP contribution >= 0.6 is 0 Å². The van der Waals surface area contributed by atoms with Crippen molar-refractivity contribution in [2.75, 3.05) is 6.61 Å². The molecule has 0 saturated carbocycles. The zero-order chi connectivity index (χ0) is 16.9. The molecule has 1 unspecified atom stereocenters. The van der Waals surface area contributed by atoms with Crippen LogP contribution in [-0.2, 0) is 10.2 Å². The number of rotatable bonds is 5. The minimum absolute atomic E-state index is 0.00250. The molecule has 0 aliphatic carbocycles. The fourth-order valence-corrected chi connectivity index (χ4v) is 2.37. The molecule has 0 saturated heterocycles. The Morgan fingerprint density at radius 2 is 1.83 bits per heavy atom. The van der Waals surface area contributed by atoms with Crippen LogP contribution in [0.2, 0.25) is 0 Å². The summed E-state index contributed by atoms with van der Waals surface area (Å²) in [5.74, 6) is 0.615. The van der Waals surface area contributed by atoms with E-state index >= 15 is 0 Å². The van der Waals surface area contributed by atoms with Crippen LogP contribution in [0.3, 0.4) is 0 Å². The number of nitrogens with one attached hydrogen (secondary N) is 1. The minimum atomic E-state index is -0.141. The van der Waals surface area contributed by atoms with Crippen LogP contribution in [0.5, 0.6) is 5.75 Å². The molecule has 0 aliphatic rings. The zero-order valence-electron chi connectivity index (χ0n) is 14.2. The third-order valence-electron chi connectivity index (χ3n) is 3.64. The number of hydrogen-bond donors (Lipinski definition) is 1. The Morgan fingerprint density at radius 1 is 1.17 bits per heavy atom. The smallest absolute Gasteiger partial charge is 0.258 e. The molecule has 2 rings (SSSR count). The second-order valence-corrected chi connectivity index (χ2v) is 6.60. The van der Waals surface area contributed by atoms with Gasteiger partial charge in [-0.2, -0.15) is 0 Å². The van der Waals surface area contributed by atoms with Crippen molar-refractivity contribution in [2.24, 2.45) is 0 Å². The Balaban J connectivity index is 1.95. The summed E-state index contributed by atoms with van der Waals surface area (Å²) in [6.07, 6.45) is 3.43. The zero-order valence-corrected chi connectivity index (χ0v) is 14.2. The predicted molar refractivity (Wildman–Crippen MR) is 91.4 cm³/mol. The monoisotopic (exact) mass is 312 g/mol. The summed E-state index contributed by atoms with van der Waals surface area (Å²) in [5.41, 5.74) is 2.08. The molecule has 122 valence electrons. The maximum absolute atomic E-state index is 12.1. The summed E-state index contributed by atoms with van der Waals surface area (Å²) in [6, 6.07) is 11.5. The summed E-state index contributed by atoms with van der Waals surface area (Å²) >= 11 is 0. The molecular weight excluding hydrogens is 288 g/mol. The first-order chi connectivity index (χ1) is 10.9. The van der Waals surface area contributed by atoms with Crippen molar-refractivity contribution in [3.05, 3.63) is 59.9 Å². The Morgan fingerprint density at radius 3 is 2.48 bits per heavy atom. The van der Waals surface area contributed by atoms with Crippen LogP contribution in [0.4, 0.5) is 0 Å². The van der Waals surface area contributed by atoms with Gasteiger partial charge in [-0.3, -0.25) is 9.78 Å². The average molecular weight is 312 g/mol. The summed E-state index contributed by atoms with van der Waals surface area (Å²) in [7, 11) is 0. The van der Waals surface area contributed by atoms with Gasteiger partial charge >= 0.3 is 0 Å². The van der Waals surface area contributed by atoms with Crippen LogP contribution in [-0.4, -0.2) is 17.5 Å². The van der Waals surface area contributed by atoms with Gasteiger partial charge in [0.15, 0.2) is 6.61 Å². The lowest BCUT2D eigenvalue weighted by molar-refractivity contribution is -0.123. The first-order valence-corrected chi connectivity index (χ1v) is 7.79. The SMILES string of the molecule is CC(NC(=O)COc1ccccc1C(C)(C)C)c1ccncc1. The standard InChI is InChI=1S/C19H24N2O2/c1-14(15-9-11-20-12-10-15)21-18(22)13-23-17-8-6-5-7-16(17)19(2,3)4/h5-12,14H,13H2,1-4H3,(H,21,22). The molecule has 0 fully saturated rings. The molecule has 1 amide bonds. The first kappa shape index (κ1) is 17.0. The second kappa shape index (κ2) is 7.27. The number of carbonyl (C=O) groups is 1. The van der Waals surface area contributed by atoms with Crippen molar-refractivity contribution >= 4 is 5.91 Å². The number of nitrogens with zero attached hydrogens (tertiary/aromatic N) is 1. The van der Waals surface area contributed by atoms with Crippen LogP contribution in [0.1, 0.15) is 44.9 Å². The second-order valence-electron chi connectivity index (χ2n) is 6.60. The van der Waals surface area contributed by atoms with E-state index in [-0.39, 0.29) is 24.0 Å². The van der Waals surface area contributed by atoms with Gasteiger partial charge in [-0.1, -0.05) is 39.0 Å². The van der Waals surface area contributed by atoms with E-state index in [1.54, 1.807) is 12.4 Å². The van der Waals surface area contributed by atoms with Crippen molar-refractivity contribution < 1.29 is 9.53 Å². The summed E-state index contributed by atoms with van der Waals surface area (Å²) in [6.45, 7) is 8.32. The maximum atomic E-state index is 12.1. The number of amides is 1. The molecule has 23 heavy (non-hydrogen) atoms. The number of aromatic nitrogens is 1. The fourth-order valence-electron chi connectivity index (χ4n) is 2.37. The van der Waals surface area contributed by atoms with Gasteiger partial charge < -0.3 is 10.1 Å². The van der Waals surface area contributed by atoms with E-state index in [2.05, 4.69) is 31.1 Å². The number of benzene rings is 1. The molecule has 1 atom stereocenters. The van der Waals surface area contributed by atoms with E-state index in [4.69, 9.17) is 4.74 Å². The number of para-hydroxylation sites is 1. The quantitative estimate of drug-likeness (QED) is 0.917. The van der Waals surface area contributed by atoms with Crippen molar-refractivity contribution in [3.63, 3.8) is 0 Å². The Kier molecular flexibility index (Phi) is 5.37. The lowest BCUT2D eigenvalue weighted by atomic mass is 9.86. The van der Waals surface area contributed by atoms with Crippen molar-refractivity contribution in [2.45, 2.75) is 39.2 Å². The van der Waals surface area contributed by atoms with Gasteiger partial charge in [0.2, 0.25) is 0 Å². The molecule has 0 aliphatic heterocycles. The highest BCUT2D eigenvalue weighted by atomic mass is 16.5. The molecule has 2 aromatic rings. The molecule has 0 spiro atoms. The molecule has 0 radical (unpaired) electrons. The summed E-state index contributed by atoms with van der Waals surface area (Å²) < 4.78 is 5.74. The Hall–Kier alpha value is -2.36. The molecule has 1 aromatic heterocycles. The summed E-state index contributed by atoms with van der Waals surface area (Å²) in [5, 5.41) is 2.93. The molecule has 1 heterocycles. The van der Waals surface area contributed by atoms with E-state index in [9.17, 15) is 4.79 Å². The molecular formula is C19H24N2O2. The van der Waals surface area contributed by atoms with Crippen LogP contribution in [0.25, 0.3) is 0 Å². The minimum Gasteiger partial charge on any atom is -0.483 e. The van der Waals surface area contributed by atoms with E-state index < -0.39 is 0 Å². The fraction of sp³-hybridized carbons (Fsp3) is 0.368. The largest absolute Gasteiger partial charge is 0.483 e. The average Bonchev–Trinajstić information content (AvgIpc) is 2.53. The van der Waals surface area contributed by atoms with Gasteiger partial charge in [0, 0.05) is 12.4 Å². The van der Waals surface area contributed by atoms with Gasteiger partial charge in [-0.25, -0.2) is 0 Å². The van der Waals surface area contributed by atoms with Crippen LogP contribution in [0.15, 0.2) is 48.8 Å². The van der Waals surface area contributed by atoms with Gasteiger partial charge in [-0.05, 0) is 41.7 Å². The van der Waals surface area contributed by atoms with E-state index in [0.717, 1.165) is 16.9 Å². The van der Waals surface area contributed by atoms with Crippen LogP contribution < -0.4 is 10.1 Å². The van der Waals surface area contributed by atoms with Crippen LogP contribution in [0, 0.1) is 0 Å². The third-order valence-corrected chi connectivity index (χ3v) is 3.64. The highest BCUT2D eigenvalue weighted by Crippen LogP contribution is 2.30. The van der Waals surface area contributed by atoms with E-state index in [1.807, 2.05) is 43.3 Å². The maximum Gasteiger partial charge on any atom is 0.258 e. The highest BCUT2D eigenvalue weighted by Gasteiger charge is 2.19. The highest BCUT2D eigenvalue weighted by molar-refractivity contribution is 5.78. The number of ether oxygens (including phenoxy) is 1.